The van der Waals surface area contributed by atoms with Crippen molar-refractivity contribution in [1.82, 2.24) is 10.2 Å². The summed E-state index contributed by atoms with van der Waals surface area (Å²) in [6, 6.07) is 4.93. The van der Waals surface area contributed by atoms with Gasteiger partial charge in [0.15, 0.2) is 11.5 Å². The predicted molar refractivity (Wildman–Crippen MR) is 75.6 cm³/mol. The highest BCUT2D eigenvalue weighted by Crippen LogP contribution is 2.31. The van der Waals surface area contributed by atoms with Gasteiger partial charge in [-0.1, -0.05) is 6.07 Å². The van der Waals surface area contributed by atoms with E-state index in [0.29, 0.717) is 12.3 Å². The quantitative estimate of drug-likeness (QED) is 0.734. The lowest BCUT2D eigenvalue weighted by atomic mass is 10.0. The Kier molecular flexibility index (Phi) is 4.46. The Morgan fingerprint density at radius 1 is 1.60 bits per heavy atom. The van der Waals surface area contributed by atoms with Crippen LogP contribution in [-0.2, 0) is 4.79 Å². The van der Waals surface area contributed by atoms with Crippen LogP contribution in [0.4, 0.5) is 0 Å². The molecule has 1 amide bonds. The number of amides is 1. The molecular formula is C14H21N3O3. The fraction of sp³-hybridized carbons (Fsp3) is 0.500. The van der Waals surface area contributed by atoms with E-state index in [-0.39, 0.29) is 23.7 Å². The fourth-order valence-electron chi connectivity index (χ4n) is 2.59. The Labute approximate surface area is 118 Å². The minimum absolute atomic E-state index is 0.0177. The van der Waals surface area contributed by atoms with Crippen LogP contribution >= 0.6 is 0 Å². The van der Waals surface area contributed by atoms with E-state index in [0.717, 1.165) is 18.7 Å². The molecule has 0 spiro atoms. The number of ether oxygens (including phenoxy) is 1. The van der Waals surface area contributed by atoms with Gasteiger partial charge in [-0.3, -0.25) is 9.69 Å². The van der Waals surface area contributed by atoms with E-state index in [1.807, 2.05) is 13.0 Å². The molecule has 2 rings (SSSR count). The first-order valence-electron chi connectivity index (χ1n) is 6.67. The summed E-state index contributed by atoms with van der Waals surface area (Å²) in [6.45, 7) is 4.16. The Morgan fingerprint density at radius 2 is 2.35 bits per heavy atom. The second-order valence-electron chi connectivity index (χ2n) is 4.97. The maximum Gasteiger partial charge on any atom is 0.236 e. The van der Waals surface area contributed by atoms with Crippen LogP contribution in [0.25, 0.3) is 0 Å². The van der Waals surface area contributed by atoms with Gasteiger partial charge in [0.2, 0.25) is 5.91 Å². The number of piperazine rings is 1. The van der Waals surface area contributed by atoms with E-state index in [4.69, 9.17) is 10.5 Å². The van der Waals surface area contributed by atoms with Gasteiger partial charge in [-0.2, -0.15) is 0 Å². The van der Waals surface area contributed by atoms with Crippen molar-refractivity contribution in [2.75, 3.05) is 26.7 Å². The van der Waals surface area contributed by atoms with E-state index < -0.39 is 0 Å². The smallest absolute Gasteiger partial charge is 0.236 e. The number of phenols is 1. The second-order valence-corrected chi connectivity index (χ2v) is 4.97. The molecule has 2 atom stereocenters. The normalized spacial score (nSPS) is 21.4. The van der Waals surface area contributed by atoms with Crippen molar-refractivity contribution in [3.8, 4) is 11.5 Å². The molecule has 0 radical (unpaired) electrons. The molecule has 0 aromatic heterocycles. The molecule has 1 fully saturated rings. The average molecular weight is 279 g/mol. The molecule has 1 aliphatic rings. The molecule has 110 valence electrons. The molecule has 1 aliphatic heterocycles. The van der Waals surface area contributed by atoms with Gasteiger partial charge in [-0.25, -0.2) is 0 Å². The Balaban J connectivity index is 2.24. The van der Waals surface area contributed by atoms with Crippen LogP contribution in [0.3, 0.4) is 0 Å². The molecular weight excluding hydrogens is 258 g/mol. The largest absolute Gasteiger partial charge is 0.504 e. The van der Waals surface area contributed by atoms with Crippen molar-refractivity contribution in [3.05, 3.63) is 23.8 Å². The molecule has 6 nitrogen and oxygen atoms in total. The van der Waals surface area contributed by atoms with Gasteiger partial charge in [-0.05, 0) is 24.6 Å². The van der Waals surface area contributed by atoms with Crippen LogP contribution < -0.4 is 15.8 Å². The molecule has 6 heteroatoms. The SMILES string of the molecule is COc1cc(C(C)N2CCNCC2C(N)=O)ccc1O. The monoisotopic (exact) mass is 279 g/mol. The first-order chi connectivity index (χ1) is 9.54. The second kappa shape index (κ2) is 6.11. The van der Waals surface area contributed by atoms with Gasteiger partial charge in [0.05, 0.1) is 7.11 Å². The van der Waals surface area contributed by atoms with Crippen LogP contribution in [0.1, 0.15) is 18.5 Å². The number of methoxy groups -OCH3 is 1. The molecule has 1 saturated heterocycles. The molecule has 1 aromatic carbocycles. The molecule has 20 heavy (non-hydrogen) atoms. The molecule has 0 aliphatic carbocycles. The number of carbonyl (C=O) groups is 1. The van der Waals surface area contributed by atoms with Gasteiger partial charge >= 0.3 is 0 Å². The van der Waals surface area contributed by atoms with Gasteiger partial charge < -0.3 is 20.9 Å². The number of nitrogens with one attached hydrogen (secondary N) is 1. The zero-order valence-corrected chi connectivity index (χ0v) is 11.8. The minimum Gasteiger partial charge on any atom is -0.504 e. The van der Waals surface area contributed by atoms with Crippen LogP contribution in [0.5, 0.6) is 11.5 Å². The van der Waals surface area contributed by atoms with Crippen molar-refractivity contribution in [2.45, 2.75) is 19.0 Å². The van der Waals surface area contributed by atoms with E-state index in [1.165, 1.54) is 7.11 Å². The zero-order chi connectivity index (χ0) is 14.7. The minimum atomic E-state index is -0.324. The summed E-state index contributed by atoms with van der Waals surface area (Å²) >= 11 is 0. The first-order valence-corrected chi connectivity index (χ1v) is 6.67. The van der Waals surface area contributed by atoms with Crippen LogP contribution in [-0.4, -0.2) is 48.7 Å². The van der Waals surface area contributed by atoms with Crippen LogP contribution in [0.2, 0.25) is 0 Å². The highest BCUT2D eigenvalue weighted by atomic mass is 16.5. The highest BCUT2D eigenvalue weighted by molar-refractivity contribution is 5.80. The summed E-state index contributed by atoms with van der Waals surface area (Å²) in [4.78, 5) is 13.6. The van der Waals surface area contributed by atoms with Crippen molar-refractivity contribution < 1.29 is 14.6 Å². The molecule has 4 N–H and O–H groups in total. The Hall–Kier alpha value is -1.79. The number of carbonyl (C=O) groups excluding carboxylic acids is 1. The van der Waals surface area contributed by atoms with Crippen molar-refractivity contribution in [3.63, 3.8) is 0 Å². The third-order valence-electron chi connectivity index (χ3n) is 3.80. The number of nitrogens with two attached hydrogens (primary N) is 1. The molecule has 1 heterocycles. The maximum atomic E-state index is 11.6. The number of primary amides is 1. The zero-order valence-electron chi connectivity index (χ0n) is 11.8. The number of nitrogens with zero attached hydrogens (tertiary/aromatic N) is 1. The first kappa shape index (κ1) is 14.6. The number of phenolic OH excluding ortho intramolecular Hbond substituents is 1. The van der Waals surface area contributed by atoms with E-state index in [1.54, 1.807) is 12.1 Å². The van der Waals surface area contributed by atoms with Crippen molar-refractivity contribution in [2.24, 2.45) is 5.73 Å². The average Bonchev–Trinajstić information content (AvgIpc) is 2.47. The number of hydrogen-bond donors (Lipinski definition) is 3. The molecule has 1 aromatic rings. The standard InChI is InChI=1S/C14H21N3O3/c1-9(10-3-4-12(18)13(7-10)20-2)17-6-5-16-8-11(17)14(15)19/h3-4,7,9,11,16,18H,5-6,8H2,1-2H3,(H2,15,19). The number of aromatic hydroxyl groups is 1. The summed E-state index contributed by atoms with van der Waals surface area (Å²) in [5.74, 6) is 0.213. The number of benzene rings is 1. The van der Waals surface area contributed by atoms with Gasteiger partial charge in [0.1, 0.15) is 6.04 Å². The van der Waals surface area contributed by atoms with Gasteiger partial charge in [0.25, 0.3) is 0 Å². The Bertz CT molecular complexity index is 493. The van der Waals surface area contributed by atoms with Crippen molar-refractivity contribution >= 4 is 5.91 Å². The van der Waals surface area contributed by atoms with E-state index in [2.05, 4.69) is 10.2 Å². The van der Waals surface area contributed by atoms with Gasteiger partial charge in [0, 0.05) is 25.7 Å². The lowest BCUT2D eigenvalue weighted by molar-refractivity contribution is -0.124. The highest BCUT2D eigenvalue weighted by Gasteiger charge is 2.31. The van der Waals surface area contributed by atoms with E-state index >= 15 is 0 Å². The number of rotatable bonds is 4. The fourth-order valence-corrected chi connectivity index (χ4v) is 2.59. The predicted octanol–water partition coefficient (Wildman–Crippen LogP) is 0.221. The summed E-state index contributed by atoms with van der Waals surface area (Å²) in [5, 5.41) is 12.8. The van der Waals surface area contributed by atoms with Crippen LogP contribution in [0.15, 0.2) is 18.2 Å². The van der Waals surface area contributed by atoms with Crippen molar-refractivity contribution in [1.29, 1.82) is 0 Å². The van der Waals surface area contributed by atoms with Crippen LogP contribution in [0, 0.1) is 0 Å². The lowest BCUT2D eigenvalue weighted by Crippen LogP contribution is -2.57. The van der Waals surface area contributed by atoms with E-state index in [9.17, 15) is 9.90 Å². The maximum absolute atomic E-state index is 11.6. The Morgan fingerprint density at radius 3 is 3.00 bits per heavy atom. The molecule has 0 bridgehead atoms. The molecule has 0 saturated carbocycles. The number of hydrogen-bond acceptors (Lipinski definition) is 5. The lowest BCUT2D eigenvalue weighted by Gasteiger charge is -2.38. The summed E-state index contributed by atoms with van der Waals surface area (Å²) in [7, 11) is 1.51. The van der Waals surface area contributed by atoms with Gasteiger partial charge in [-0.15, -0.1) is 0 Å². The summed E-state index contributed by atoms with van der Waals surface area (Å²) in [5.41, 5.74) is 6.45. The summed E-state index contributed by atoms with van der Waals surface area (Å²) < 4.78 is 5.12. The third-order valence-corrected chi connectivity index (χ3v) is 3.80. The third kappa shape index (κ3) is 2.86. The topological polar surface area (TPSA) is 87.8 Å². The summed E-state index contributed by atoms with van der Waals surface area (Å²) in [6.07, 6.45) is 0. The molecule has 2 unspecified atom stereocenters.